The van der Waals surface area contributed by atoms with E-state index in [0.29, 0.717) is 0 Å². The Balaban J connectivity index is 2.56. The van der Waals surface area contributed by atoms with Gasteiger partial charge < -0.3 is 14.6 Å². The van der Waals surface area contributed by atoms with Crippen LogP contribution in [0.5, 0.6) is 5.75 Å². The number of benzene rings is 1. The first-order valence-electron chi connectivity index (χ1n) is 4.87. The molecule has 0 saturated heterocycles. The molecule has 0 bridgehead atoms. The lowest BCUT2D eigenvalue weighted by molar-refractivity contribution is 0.360. The fourth-order valence-corrected chi connectivity index (χ4v) is 1.51. The number of hydrogen-bond donors (Lipinski definition) is 1. The summed E-state index contributed by atoms with van der Waals surface area (Å²) in [6, 6.07) is 5.85. The zero-order valence-corrected chi connectivity index (χ0v) is 9.07. The number of ether oxygens (including phenoxy) is 1. The second kappa shape index (κ2) is 3.90. The van der Waals surface area contributed by atoms with E-state index >= 15 is 0 Å². The Morgan fingerprint density at radius 3 is 2.93 bits per heavy atom. The molecule has 80 valence electrons. The molecule has 4 heteroatoms. The monoisotopic (exact) mass is 206 g/mol. The standard InChI is InChI=1S/C11H14N2O2/c1-7(12-2)11-9-6-8(14-3)4-5-10(9)13-15-11/h4-7,12H,1-3H3. The van der Waals surface area contributed by atoms with Gasteiger partial charge in [0.2, 0.25) is 0 Å². The van der Waals surface area contributed by atoms with E-state index in [4.69, 9.17) is 9.26 Å². The quantitative estimate of drug-likeness (QED) is 0.835. The normalized spacial score (nSPS) is 13.0. The SMILES string of the molecule is CNC(C)c1onc2ccc(OC)cc12. The maximum atomic E-state index is 5.30. The van der Waals surface area contributed by atoms with E-state index in [1.54, 1.807) is 7.11 Å². The molecule has 1 heterocycles. The summed E-state index contributed by atoms with van der Waals surface area (Å²) < 4.78 is 10.5. The van der Waals surface area contributed by atoms with Crippen molar-refractivity contribution in [3.8, 4) is 5.75 Å². The fourth-order valence-electron chi connectivity index (χ4n) is 1.51. The second-order valence-electron chi connectivity index (χ2n) is 3.44. The summed E-state index contributed by atoms with van der Waals surface area (Å²) in [5.74, 6) is 1.65. The van der Waals surface area contributed by atoms with Crippen LogP contribution in [0.25, 0.3) is 10.9 Å². The summed E-state index contributed by atoms with van der Waals surface area (Å²) in [4.78, 5) is 0. The van der Waals surface area contributed by atoms with E-state index in [1.165, 1.54) is 0 Å². The third-order valence-corrected chi connectivity index (χ3v) is 2.54. The molecule has 2 aromatic rings. The van der Waals surface area contributed by atoms with E-state index in [9.17, 15) is 0 Å². The summed E-state index contributed by atoms with van der Waals surface area (Å²) in [6.45, 7) is 2.03. The van der Waals surface area contributed by atoms with Crippen molar-refractivity contribution in [2.45, 2.75) is 13.0 Å². The van der Waals surface area contributed by atoms with Gasteiger partial charge in [0.25, 0.3) is 0 Å². The van der Waals surface area contributed by atoms with Crippen LogP contribution in [0, 0.1) is 0 Å². The highest BCUT2D eigenvalue weighted by Gasteiger charge is 2.14. The maximum Gasteiger partial charge on any atom is 0.161 e. The van der Waals surface area contributed by atoms with E-state index in [2.05, 4.69) is 10.5 Å². The van der Waals surface area contributed by atoms with E-state index in [0.717, 1.165) is 22.4 Å². The fraction of sp³-hybridized carbons (Fsp3) is 0.364. The van der Waals surface area contributed by atoms with Gasteiger partial charge in [-0.25, -0.2) is 0 Å². The van der Waals surface area contributed by atoms with Crippen molar-refractivity contribution in [2.24, 2.45) is 0 Å². The van der Waals surface area contributed by atoms with Crippen molar-refractivity contribution in [3.05, 3.63) is 24.0 Å². The van der Waals surface area contributed by atoms with Crippen molar-refractivity contribution in [1.29, 1.82) is 0 Å². The molecule has 1 N–H and O–H groups in total. The number of hydrogen-bond acceptors (Lipinski definition) is 4. The average molecular weight is 206 g/mol. The molecular weight excluding hydrogens is 192 g/mol. The van der Waals surface area contributed by atoms with Gasteiger partial charge in [-0.1, -0.05) is 5.16 Å². The van der Waals surface area contributed by atoms with Crippen LogP contribution in [0.15, 0.2) is 22.7 Å². The predicted molar refractivity (Wildman–Crippen MR) is 58.0 cm³/mol. The number of methoxy groups -OCH3 is 1. The molecule has 0 fully saturated rings. The minimum atomic E-state index is 0.141. The Kier molecular flexibility index (Phi) is 2.60. The van der Waals surface area contributed by atoms with Gasteiger partial charge in [-0.15, -0.1) is 0 Å². The summed E-state index contributed by atoms with van der Waals surface area (Å²) in [5.41, 5.74) is 0.855. The molecule has 1 unspecified atom stereocenters. The third-order valence-electron chi connectivity index (χ3n) is 2.54. The van der Waals surface area contributed by atoms with Gasteiger partial charge in [0, 0.05) is 0 Å². The molecule has 0 radical (unpaired) electrons. The van der Waals surface area contributed by atoms with Crippen molar-refractivity contribution in [2.75, 3.05) is 14.2 Å². The molecule has 4 nitrogen and oxygen atoms in total. The summed E-state index contributed by atoms with van der Waals surface area (Å²) in [7, 11) is 3.54. The molecule has 1 aromatic carbocycles. The van der Waals surface area contributed by atoms with E-state index in [1.807, 2.05) is 32.2 Å². The Morgan fingerprint density at radius 2 is 2.27 bits per heavy atom. The molecule has 0 aliphatic rings. The lowest BCUT2D eigenvalue weighted by Gasteiger charge is -2.05. The number of rotatable bonds is 3. The van der Waals surface area contributed by atoms with Crippen molar-refractivity contribution in [3.63, 3.8) is 0 Å². The van der Waals surface area contributed by atoms with Gasteiger partial charge in [-0.05, 0) is 32.2 Å². The highest BCUT2D eigenvalue weighted by molar-refractivity contribution is 5.82. The Bertz CT molecular complexity index is 465. The first-order valence-corrected chi connectivity index (χ1v) is 4.87. The van der Waals surface area contributed by atoms with Gasteiger partial charge >= 0.3 is 0 Å². The largest absolute Gasteiger partial charge is 0.497 e. The lowest BCUT2D eigenvalue weighted by Crippen LogP contribution is -2.11. The second-order valence-corrected chi connectivity index (χ2v) is 3.44. The molecule has 1 atom stereocenters. The van der Waals surface area contributed by atoms with Crippen LogP contribution in [0.4, 0.5) is 0 Å². The van der Waals surface area contributed by atoms with Gasteiger partial charge in [-0.3, -0.25) is 0 Å². The lowest BCUT2D eigenvalue weighted by atomic mass is 10.1. The van der Waals surface area contributed by atoms with Gasteiger partial charge in [-0.2, -0.15) is 0 Å². The molecule has 0 saturated carbocycles. The summed E-state index contributed by atoms with van der Waals surface area (Å²) in [5, 5.41) is 8.11. The van der Waals surface area contributed by atoms with Crippen molar-refractivity contribution in [1.82, 2.24) is 10.5 Å². The van der Waals surface area contributed by atoms with Crippen molar-refractivity contribution < 1.29 is 9.26 Å². The van der Waals surface area contributed by atoms with Crippen LogP contribution in [0.2, 0.25) is 0 Å². The van der Waals surface area contributed by atoms with Gasteiger partial charge in [0.1, 0.15) is 11.3 Å². The number of nitrogens with zero attached hydrogens (tertiary/aromatic N) is 1. The third kappa shape index (κ3) is 1.68. The van der Waals surface area contributed by atoms with Crippen LogP contribution >= 0.6 is 0 Å². The van der Waals surface area contributed by atoms with Gasteiger partial charge in [0.05, 0.1) is 18.5 Å². The highest BCUT2D eigenvalue weighted by Crippen LogP contribution is 2.27. The topological polar surface area (TPSA) is 47.3 Å². The number of aromatic nitrogens is 1. The Labute approximate surface area is 88.2 Å². The first-order chi connectivity index (χ1) is 7.26. The minimum Gasteiger partial charge on any atom is -0.497 e. The zero-order valence-electron chi connectivity index (χ0n) is 9.07. The summed E-state index contributed by atoms with van der Waals surface area (Å²) in [6.07, 6.45) is 0. The van der Waals surface area contributed by atoms with E-state index < -0.39 is 0 Å². The number of fused-ring (bicyclic) bond motifs is 1. The van der Waals surface area contributed by atoms with Crippen LogP contribution < -0.4 is 10.1 Å². The summed E-state index contributed by atoms with van der Waals surface area (Å²) >= 11 is 0. The molecule has 1 aromatic heterocycles. The predicted octanol–water partition coefficient (Wildman–Crippen LogP) is 2.12. The molecule has 15 heavy (non-hydrogen) atoms. The molecule has 2 rings (SSSR count). The Morgan fingerprint density at radius 1 is 1.47 bits per heavy atom. The van der Waals surface area contributed by atoms with Crippen LogP contribution in [0.3, 0.4) is 0 Å². The van der Waals surface area contributed by atoms with Crippen LogP contribution in [-0.2, 0) is 0 Å². The molecule has 0 aliphatic carbocycles. The zero-order chi connectivity index (χ0) is 10.8. The molecule has 0 amide bonds. The Hall–Kier alpha value is -1.55. The number of nitrogens with one attached hydrogen (secondary N) is 1. The highest BCUT2D eigenvalue weighted by atomic mass is 16.5. The molecule has 0 aliphatic heterocycles. The molecule has 0 spiro atoms. The van der Waals surface area contributed by atoms with Crippen LogP contribution in [0.1, 0.15) is 18.7 Å². The van der Waals surface area contributed by atoms with E-state index in [-0.39, 0.29) is 6.04 Å². The average Bonchev–Trinajstić information content (AvgIpc) is 2.70. The first kappa shape index (κ1) is 9.98. The minimum absolute atomic E-state index is 0.141. The maximum absolute atomic E-state index is 5.30. The van der Waals surface area contributed by atoms with Crippen LogP contribution in [-0.4, -0.2) is 19.3 Å². The van der Waals surface area contributed by atoms with Gasteiger partial charge in [0.15, 0.2) is 5.76 Å². The molecular formula is C11H14N2O2. The van der Waals surface area contributed by atoms with Crippen molar-refractivity contribution >= 4 is 10.9 Å². The smallest absolute Gasteiger partial charge is 0.161 e.